The van der Waals surface area contributed by atoms with Crippen LogP contribution in [0.25, 0.3) is 27.8 Å². The number of benzene rings is 2. The zero-order valence-electron chi connectivity index (χ0n) is 15.5. The van der Waals surface area contributed by atoms with E-state index in [9.17, 15) is 14.7 Å². The molecule has 2 aromatic carbocycles. The van der Waals surface area contributed by atoms with Crippen LogP contribution in [0.2, 0.25) is 0 Å². The van der Waals surface area contributed by atoms with Crippen molar-refractivity contribution in [2.24, 2.45) is 5.92 Å². The molecule has 7 heteroatoms. The molecule has 5 rings (SSSR count). The minimum absolute atomic E-state index is 0.0522. The minimum Gasteiger partial charge on any atom is -0.481 e. The molecule has 0 saturated heterocycles. The Morgan fingerprint density at radius 3 is 2.52 bits per heavy atom. The van der Waals surface area contributed by atoms with Crippen molar-refractivity contribution in [2.75, 3.05) is 0 Å². The summed E-state index contributed by atoms with van der Waals surface area (Å²) >= 11 is 0. The first-order chi connectivity index (χ1) is 14.1. The number of hydrogen-bond acceptors (Lipinski definition) is 5. The van der Waals surface area contributed by atoms with Crippen LogP contribution in [0.15, 0.2) is 59.4 Å². The summed E-state index contributed by atoms with van der Waals surface area (Å²) in [5.41, 5.74) is 1.73. The smallest absolute Gasteiger partial charge is 0.306 e. The molecule has 0 unspecified atom stereocenters. The number of aliphatic carboxylic acids is 1. The Hall–Kier alpha value is -3.61. The predicted molar refractivity (Wildman–Crippen MR) is 108 cm³/mol. The number of carboxylic acids is 1. The zero-order chi connectivity index (χ0) is 20.0. The first-order valence-electron chi connectivity index (χ1n) is 9.60. The van der Waals surface area contributed by atoms with Crippen molar-refractivity contribution in [1.29, 1.82) is 0 Å². The SMILES string of the molecule is O=C(O)[C@H]1CC[C@@H](c2nc3ccccc3c3nc(=O)c(-c4ccccc4)nn23)C1. The van der Waals surface area contributed by atoms with Gasteiger partial charge >= 0.3 is 5.97 Å². The molecule has 29 heavy (non-hydrogen) atoms. The first kappa shape index (κ1) is 17.5. The summed E-state index contributed by atoms with van der Waals surface area (Å²) in [5, 5.41) is 14.8. The van der Waals surface area contributed by atoms with Crippen molar-refractivity contribution in [2.45, 2.75) is 25.2 Å². The Morgan fingerprint density at radius 2 is 1.76 bits per heavy atom. The molecule has 0 amide bonds. The average Bonchev–Trinajstić information content (AvgIpc) is 3.24. The van der Waals surface area contributed by atoms with E-state index in [2.05, 4.69) is 10.1 Å². The molecule has 0 aliphatic heterocycles. The Bertz CT molecular complexity index is 1300. The fraction of sp³-hybridized carbons (Fsp3) is 0.227. The molecule has 0 radical (unpaired) electrons. The number of nitrogens with zero attached hydrogens (tertiary/aromatic N) is 4. The molecule has 2 heterocycles. The Balaban J connectivity index is 1.78. The van der Waals surface area contributed by atoms with Crippen LogP contribution in [-0.2, 0) is 4.79 Å². The van der Waals surface area contributed by atoms with Gasteiger partial charge < -0.3 is 5.11 Å². The summed E-state index contributed by atoms with van der Waals surface area (Å²) in [5.74, 6) is -0.555. The Labute approximate surface area is 165 Å². The highest BCUT2D eigenvalue weighted by molar-refractivity contribution is 5.91. The summed E-state index contributed by atoms with van der Waals surface area (Å²) in [6, 6.07) is 16.7. The molecular formula is C22H18N4O3. The van der Waals surface area contributed by atoms with E-state index < -0.39 is 11.5 Å². The maximum atomic E-state index is 12.8. The van der Waals surface area contributed by atoms with E-state index in [-0.39, 0.29) is 17.5 Å². The number of fused-ring (bicyclic) bond motifs is 3. The molecular weight excluding hydrogens is 368 g/mol. The van der Waals surface area contributed by atoms with Gasteiger partial charge in [0.05, 0.1) is 11.4 Å². The van der Waals surface area contributed by atoms with Gasteiger partial charge in [-0.25, -0.2) is 4.98 Å². The molecule has 1 saturated carbocycles. The molecule has 2 atom stereocenters. The maximum absolute atomic E-state index is 12.8. The van der Waals surface area contributed by atoms with Crippen LogP contribution in [0.3, 0.4) is 0 Å². The van der Waals surface area contributed by atoms with Gasteiger partial charge in [0.25, 0.3) is 5.56 Å². The molecule has 4 aromatic rings. The van der Waals surface area contributed by atoms with E-state index in [1.807, 2.05) is 54.6 Å². The summed E-state index contributed by atoms with van der Waals surface area (Å²) < 4.78 is 1.64. The van der Waals surface area contributed by atoms with Gasteiger partial charge in [-0.2, -0.15) is 14.6 Å². The van der Waals surface area contributed by atoms with E-state index >= 15 is 0 Å². The molecule has 0 bridgehead atoms. The standard InChI is InChI=1S/C22H18N4O3/c27-21-18(13-6-2-1-3-7-13)25-26-19(14-10-11-15(12-14)22(28)29)23-17-9-5-4-8-16(17)20(26)24-21/h1-9,14-15H,10-12H2,(H,28,29)/t14-,15+/m1/s1. The van der Waals surface area contributed by atoms with Gasteiger partial charge in [-0.1, -0.05) is 42.5 Å². The fourth-order valence-electron chi connectivity index (χ4n) is 4.13. The van der Waals surface area contributed by atoms with E-state index in [1.165, 1.54) is 0 Å². The number of rotatable bonds is 3. The van der Waals surface area contributed by atoms with Crippen LogP contribution in [0.4, 0.5) is 0 Å². The summed E-state index contributed by atoms with van der Waals surface area (Å²) in [7, 11) is 0. The van der Waals surface area contributed by atoms with E-state index in [1.54, 1.807) is 4.52 Å². The van der Waals surface area contributed by atoms with Crippen molar-refractivity contribution in [3.05, 3.63) is 70.8 Å². The molecule has 0 spiro atoms. The molecule has 7 nitrogen and oxygen atoms in total. The normalized spacial score (nSPS) is 19.0. The lowest BCUT2D eigenvalue weighted by Gasteiger charge is -2.15. The lowest BCUT2D eigenvalue weighted by molar-refractivity contribution is -0.141. The highest BCUT2D eigenvalue weighted by Crippen LogP contribution is 2.38. The Kier molecular flexibility index (Phi) is 4.08. The van der Waals surface area contributed by atoms with Gasteiger partial charge in [0.2, 0.25) is 0 Å². The number of carbonyl (C=O) groups is 1. The quantitative estimate of drug-likeness (QED) is 0.543. The third-order valence-corrected chi connectivity index (χ3v) is 5.60. The van der Waals surface area contributed by atoms with Crippen molar-refractivity contribution in [1.82, 2.24) is 19.6 Å². The minimum atomic E-state index is -0.777. The number of aromatic nitrogens is 4. The van der Waals surface area contributed by atoms with Gasteiger partial charge in [0.15, 0.2) is 11.3 Å². The third kappa shape index (κ3) is 2.95. The van der Waals surface area contributed by atoms with Gasteiger partial charge in [-0.15, -0.1) is 0 Å². The summed E-state index contributed by atoms with van der Waals surface area (Å²) in [6.45, 7) is 0. The lowest BCUT2D eigenvalue weighted by Crippen LogP contribution is -2.20. The average molecular weight is 386 g/mol. The summed E-state index contributed by atoms with van der Waals surface area (Å²) in [6.07, 6.45) is 1.82. The first-order valence-corrected chi connectivity index (χ1v) is 9.60. The molecule has 1 fully saturated rings. The largest absolute Gasteiger partial charge is 0.481 e. The van der Waals surface area contributed by atoms with Crippen LogP contribution in [0, 0.1) is 5.92 Å². The second-order valence-corrected chi connectivity index (χ2v) is 7.40. The monoisotopic (exact) mass is 386 g/mol. The fourth-order valence-corrected chi connectivity index (χ4v) is 4.13. The van der Waals surface area contributed by atoms with Crippen LogP contribution in [-0.4, -0.2) is 30.7 Å². The lowest BCUT2D eigenvalue weighted by atomic mass is 10.0. The summed E-state index contributed by atoms with van der Waals surface area (Å²) in [4.78, 5) is 33.4. The number of para-hydroxylation sites is 1. The molecule has 2 aromatic heterocycles. The topological polar surface area (TPSA) is 97.5 Å². The van der Waals surface area contributed by atoms with Gasteiger partial charge in [0.1, 0.15) is 5.82 Å². The molecule has 1 aliphatic carbocycles. The van der Waals surface area contributed by atoms with Gasteiger partial charge in [-0.3, -0.25) is 9.59 Å². The van der Waals surface area contributed by atoms with Crippen LogP contribution < -0.4 is 5.56 Å². The van der Waals surface area contributed by atoms with Crippen molar-refractivity contribution < 1.29 is 9.90 Å². The van der Waals surface area contributed by atoms with E-state index in [0.29, 0.717) is 36.3 Å². The molecule has 1 N–H and O–H groups in total. The van der Waals surface area contributed by atoms with E-state index in [0.717, 1.165) is 10.9 Å². The number of hydrogen-bond donors (Lipinski definition) is 1. The highest BCUT2D eigenvalue weighted by Gasteiger charge is 2.33. The maximum Gasteiger partial charge on any atom is 0.306 e. The van der Waals surface area contributed by atoms with Gasteiger partial charge in [0, 0.05) is 16.9 Å². The Morgan fingerprint density at radius 1 is 1.00 bits per heavy atom. The zero-order valence-corrected chi connectivity index (χ0v) is 15.5. The highest BCUT2D eigenvalue weighted by atomic mass is 16.4. The van der Waals surface area contributed by atoms with Crippen molar-refractivity contribution in [3.8, 4) is 11.3 Å². The predicted octanol–water partition coefficient (Wildman–Crippen LogP) is 3.27. The van der Waals surface area contributed by atoms with Crippen molar-refractivity contribution >= 4 is 22.5 Å². The van der Waals surface area contributed by atoms with Gasteiger partial charge in [-0.05, 0) is 31.4 Å². The third-order valence-electron chi connectivity index (χ3n) is 5.60. The molecule has 1 aliphatic rings. The van der Waals surface area contributed by atoms with Crippen molar-refractivity contribution in [3.63, 3.8) is 0 Å². The van der Waals surface area contributed by atoms with Crippen LogP contribution in [0.5, 0.6) is 0 Å². The van der Waals surface area contributed by atoms with Crippen LogP contribution >= 0.6 is 0 Å². The second kappa shape index (κ2) is 6.77. The van der Waals surface area contributed by atoms with Crippen LogP contribution in [0.1, 0.15) is 31.0 Å². The number of carboxylic acid groups (broad SMARTS) is 1. The van der Waals surface area contributed by atoms with E-state index in [4.69, 9.17) is 4.98 Å². The second-order valence-electron chi connectivity index (χ2n) is 7.40. The molecule has 144 valence electrons.